The number of hydrogen-bond acceptors (Lipinski definition) is 5. The number of hydrogen-bond donors (Lipinski definition) is 0. The van der Waals surface area contributed by atoms with E-state index in [0.29, 0.717) is 13.1 Å². The normalized spacial score (nSPS) is 11.9. The molecule has 146 valence electrons. The van der Waals surface area contributed by atoms with E-state index in [1.165, 1.54) is 30.0 Å². The fourth-order valence-electron chi connectivity index (χ4n) is 2.81. The van der Waals surface area contributed by atoms with Gasteiger partial charge in [0.15, 0.2) is 5.16 Å². The van der Waals surface area contributed by atoms with Gasteiger partial charge in [0.1, 0.15) is 0 Å². The molecule has 1 atom stereocenters. The second-order valence-electron chi connectivity index (χ2n) is 6.44. The van der Waals surface area contributed by atoms with Crippen molar-refractivity contribution in [2.24, 2.45) is 5.92 Å². The number of carbonyl (C=O) groups excluding carboxylic acids is 2. The Balaban J connectivity index is 2.06. The van der Waals surface area contributed by atoms with Crippen molar-refractivity contribution in [1.29, 1.82) is 0 Å². The molecule has 7 heteroatoms. The number of esters is 1. The molecule has 6 nitrogen and oxygen atoms in total. The Morgan fingerprint density at radius 1 is 1.33 bits per heavy atom. The Morgan fingerprint density at radius 3 is 2.74 bits per heavy atom. The molecule has 0 saturated heterocycles. The van der Waals surface area contributed by atoms with Gasteiger partial charge in [-0.1, -0.05) is 30.8 Å². The van der Waals surface area contributed by atoms with Crippen LogP contribution in [0.5, 0.6) is 0 Å². The number of benzene rings is 1. The zero-order valence-corrected chi connectivity index (χ0v) is 17.4. The summed E-state index contributed by atoms with van der Waals surface area (Å²) in [5.41, 5.74) is 3.46. The third kappa shape index (κ3) is 5.13. The van der Waals surface area contributed by atoms with Crippen LogP contribution in [-0.4, -0.2) is 52.3 Å². The Hall–Kier alpha value is -2.28. The lowest BCUT2D eigenvalue weighted by molar-refractivity contribution is -0.146. The molecule has 0 aliphatic heterocycles. The number of nitrogens with zero attached hydrogens (tertiary/aromatic N) is 3. The number of methoxy groups -OCH3 is 1. The van der Waals surface area contributed by atoms with Gasteiger partial charge in [0.05, 0.1) is 24.5 Å². The van der Waals surface area contributed by atoms with Crippen molar-refractivity contribution >= 4 is 23.6 Å². The molecule has 1 amide bonds. The van der Waals surface area contributed by atoms with E-state index in [9.17, 15) is 9.59 Å². The lowest BCUT2D eigenvalue weighted by atomic mass is 10.1. The first-order valence-corrected chi connectivity index (χ1v) is 9.95. The molecular formula is C20H27N3O3S. The quantitative estimate of drug-likeness (QED) is 0.512. The summed E-state index contributed by atoms with van der Waals surface area (Å²) in [6.45, 7) is 8.73. The van der Waals surface area contributed by atoms with E-state index in [0.717, 1.165) is 10.8 Å². The Morgan fingerprint density at radius 2 is 2.07 bits per heavy atom. The molecule has 1 aromatic carbocycles. The number of rotatable bonds is 8. The summed E-state index contributed by atoms with van der Waals surface area (Å²) in [6.07, 6.45) is 3.65. The average molecular weight is 390 g/mol. The highest BCUT2D eigenvalue weighted by atomic mass is 32.2. The van der Waals surface area contributed by atoms with Gasteiger partial charge >= 0.3 is 5.97 Å². The van der Waals surface area contributed by atoms with E-state index >= 15 is 0 Å². The lowest BCUT2D eigenvalue weighted by Crippen LogP contribution is -2.38. The minimum atomic E-state index is -0.346. The van der Waals surface area contributed by atoms with Gasteiger partial charge in [0.2, 0.25) is 5.91 Å². The summed E-state index contributed by atoms with van der Waals surface area (Å²) in [7, 11) is 1.36. The van der Waals surface area contributed by atoms with Crippen molar-refractivity contribution in [1.82, 2.24) is 14.5 Å². The van der Waals surface area contributed by atoms with E-state index in [4.69, 9.17) is 4.74 Å². The van der Waals surface area contributed by atoms with E-state index in [1.807, 2.05) is 29.8 Å². The van der Waals surface area contributed by atoms with Crippen LogP contribution < -0.4 is 0 Å². The molecule has 2 aromatic rings. The number of aryl methyl sites for hydroxylation is 1. The van der Waals surface area contributed by atoms with Crippen LogP contribution in [0.15, 0.2) is 35.7 Å². The fraction of sp³-hybridized carbons (Fsp3) is 0.450. The van der Waals surface area contributed by atoms with Gasteiger partial charge < -0.3 is 9.64 Å². The maximum Gasteiger partial charge on any atom is 0.310 e. The minimum absolute atomic E-state index is 0.0197. The number of imidazole rings is 1. The van der Waals surface area contributed by atoms with Crippen molar-refractivity contribution in [2.75, 3.05) is 26.0 Å². The second-order valence-corrected chi connectivity index (χ2v) is 7.39. The highest BCUT2D eigenvalue weighted by Gasteiger charge is 2.21. The summed E-state index contributed by atoms with van der Waals surface area (Å²) in [5, 5.41) is 0.772. The molecule has 1 heterocycles. The summed E-state index contributed by atoms with van der Waals surface area (Å²) in [4.78, 5) is 30.3. The number of aromatic nitrogens is 2. The molecule has 0 spiro atoms. The van der Waals surface area contributed by atoms with Gasteiger partial charge in [-0.15, -0.1) is 0 Å². The highest BCUT2D eigenvalue weighted by molar-refractivity contribution is 7.99. The van der Waals surface area contributed by atoms with Gasteiger partial charge in [-0.25, -0.2) is 4.98 Å². The molecule has 0 N–H and O–H groups in total. The largest absolute Gasteiger partial charge is 0.469 e. The van der Waals surface area contributed by atoms with Gasteiger partial charge in [-0.2, -0.15) is 0 Å². The zero-order valence-electron chi connectivity index (χ0n) is 16.6. The molecule has 1 unspecified atom stereocenters. The number of ether oxygens (including phenoxy) is 1. The Labute approximate surface area is 164 Å². The van der Waals surface area contributed by atoms with Crippen LogP contribution in [0.3, 0.4) is 0 Å². The maximum absolute atomic E-state index is 12.6. The molecule has 2 rings (SSSR count). The van der Waals surface area contributed by atoms with Gasteiger partial charge in [-0.3, -0.25) is 14.2 Å². The minimum Gasteiger partial charge on any atom is -0.469 e. The van der Waals surface area contributed by atoms with Crippen molar-refractivity contribution in [3.8, 4) is 5.69 Å². The second kappa shape index (κ2) is 9.60. The van der Waals surface area contributed by atoms with Crippen LogP contribution in [0.1, 0.15) is 25.0 Å². The maximum atomic E-state index is 12.6. The molecule has 1 aromatic heterocycles. The van der Waals surface area contributed by atoms with Crippen molar-refractivity contribution in [3.63, 3.8) is 0 Å². The van der Waals surface area contributed by atoms with E-state index in [-0.39, 0.29) is 23.5 Å². The van der Waals surface area contributed by atoms with Crippen LogP contribution >= 0.6 is 11.8 Å². The lowest BCUT2D eigenvalue weighted by Gasteiger charge is -2.23. The van der Waals surface area contributed by atoms with Crippen LogP contribution in [-0.2, 0) is 14.3 Å². The summed E-state index contributed by atoms with van der Waals surface area (Å²) in [5.74, 6) is -0.405. The highest BCUT2D eigenvalue weighted by Crippen LogP contribution is 2.24. The third-order valence-electron chi connectivity index (χ3n) is 4.60. The molecule has 0 fully saturated rings. The van der Waals surface area contributed by atoms with Gasteiger partial charge in [0.25, 0.3) is 0 Å². The van der Waals surface area contributed by atoms with Gasteiger partial charge in [-0.05, 0) is 38.0 Å². The van der Waals surface area contributed by atoms with Crippen LogP contribution in [0, 0.1) is 19.8 Å². The van der Waals surface area contributed by atoms with Crippen molar-refractivity contribution in [2.45, 2.75) is 32.9 Å². The topological polar surface area (TPSA) is 64.4 Å². The third-order valence-corrected chi connectivity index (χ3v) is 5.55. The molecular weight excluding hydrogens is 362 g/mol. The fourth-order valence-corrected chi connectivity index (χ4v) is 3.68. The van der Waals surface area contributed by atoms with Gasteiger partial charge in [0, 0.05) is 25.5 Å². The number of carbonyl (C=O) groups is 2. The first-order valence-electron chi connectivity index (χ1n) is 8.97. The van der Waals surface area contributed by atoms with Crippen LogP contribution in [0.2, 0.25) is 0 Å². The van der Waals surface area contributed by atoms with E-state index in [1.54, 1.807) is 18.0 Å². The van der Waals surface area contributed by atoms with Crippen LogP contribution in [0.25, 0.3) is 5.69 Å². The molecule has 0 radical (unpaired) electrons. The number of amides is 1. The Bertz CT molecular complexity index is 804. The van der Waals surface area contributed by atoms with E-state index in [2.05, 4.69) is 24.9 Å². The summed E-state index contributed by atoms with van der Waals surface area (Å²) >= 11 is 1.40. The van der Waals surface area contributed by atoms with Crippen LogP contribution in [0.4, 0.5) is 0 Å². The standard InChI is InChI=1S/C20H27N3O3S/c1-6-22(12-15(3)19(25)26-5)18(24)13-27-20-21-10-11-23(20)17-9-7-8-14(2)16(17)4/h7-11,15H,6,12-13H2,1-5H3. The smallest absolute Gasteiger partial charge is 0.310 e. The average Bonchev–Trinajstić information content (AvgIpc) is 3.13. The molecule has 27 heavy (non-hydrogen) atoms. The Kier molecular flexibility index (Phi) is 7.47. The molecule has 0 saturated carbocycles. The van der Waals surface area contributed by atoms with Crippen molar-refractivity contribution in [3.05, 3.63) is 41.7 Å². The predicted octanol–water partition coefficient (Wildman–Crippen LogP) is 3.24. The summed E-state index contributed by atoms with van der Waals surface area (Å²) < 4.78 is 6.75. The zero-order chi connectivity index (χ0) is 20.0. The SMILES string of the molecule is CCN(CC(C)C(=O)OC)C(=O)CSc1nccn1-c1cccc(C)c1C. The first-order chi connectivity index (χ1) is 12.9. The molecule has 0 aliphatic carbocycles. The van der Waals surface area contributed by atoms with Crippen molar-refractivity contribution < 1.29 is 14.3 Å². The first kappa shape index (κ1) is 21.0. The molecule has 0 bridgehead atoms. The summed E-state index contributed by atoms with van der Waals surface area (Å²) in [6, 6.07) is 6.14. The predicted molar refractivity (Wildman–Crippen MR) is 107 cm³/mol. The van der Waals surface area contributed by atoms with E-state index < -0.39 is 0 Å². The number of thioether (sulfide) groups is 1. The molecule has 0 aliphatic rings. The monoisotopic (exact) mass is 389 g/mol.